The highest BCUT2D eigenvalue weighted by Gasteiger charge is 2.21. The highest BCUT2D eigenvalue weighted by molar-refractivity contribution is 9.11. The van der Waals surface area contributed by atoms with E-state index < -0.39 is 0 Å². The lowest BCUT2D eigenvalue weighted by Gasteiger charge is -2.15. The van der Waals surface area contributed by atoms with Crippen LogP contribution in [0.2, 0.25) is 5.02 Å². The third-order valence-corrected chi connectivity index (χ3v) is 6.46. The van der Waals surface area contributed by atoms with Crippen LogP contribution in [0.25, 0.3) is 11.3 Å². The van der Waals surface area contributed by atoms with Gasteiger partial charge in [-0.15, -0.1) is 0 Å². The average molecular weight is 480 g/mol. The fraction of sp³-hybridized carbons (Fsp3) is 0.238. The minimum atomic E-state index is -0.295. The molecule has 7 heteroatoms. The number of carbonyl (C=O) groups is 1. The summed E-state index contributed by atoms with van der Waals surface area (Å²) in [5.41, 5.74) is 3.94. The van der Waals surface area contributed by atoms with Crippen LogP contribution in [-0.2, 0) is 16.0 Å². The van der Waals surface area contributed by atoms with Crippen LogP contribution in [0.5, 0.6) is 0 Å². The van der Waals surface area contributed by atoms with Gasteiger partial charge >= 0.3 is 5.97 Å². The molecule has 2 aromatic carbocycles. The summed E-state index contributed by atoms with van der Waals surface area (Å²) in [6.45, 7) is 2.41. The van der Waals surface area contributed by atoms with E-state index in [0.29, 0.717) is 13.0 Å². The molecule has 0 aliphatic carbocycles. The van der Waals surface area contributed by atoms with Crippen LogP contribution in [0.4, 0.5) is 5.13 Å². The summed E-state index contributed by atoms with van der Waals surface area (Å²) in [7, 11) is 1.42. The van der Waals surface area contributed by atoms with E-state index in [1.54, 1.807) is 0 Å². The molecule has 0 spiro atoms. The molecule has 0 fully saturated rings. The lowest BCUT2D eigenvalue weighted by molar-refractivity contribution is -0.144. The third-order valence-electron chi connectivity index (χ3n) is 4.38. The van der Waals surface area contributed by atoms with Gasteiger partial charge in [0.2, 0.25) is 0 Å². The Bertz CT molecular complexity index is 962. The van der Waals surface area contributed by atoms with E-state index in [9.17, 15) is 4.79 Å². The molecule has 1 aromatic heterocycles. The van der Waals surface area contributed by atoms with Gasteiger partial charge in [-0.25, -0.2) is 4.98 Å². The molecule has 0 aliphatic rings. The molecule has 146 valence electrons. The van der Waals surface area contributed by atoms with Crippen LogP contribution in [0.1, 0.15) is 11.1 Å². The predicted molar refractivity (Wildman–Crippen MR) is 119 cm³/mol. The molecule has 0 bridgehead atoms. The number of benzene rings is 2. The molecule has 4 nitrogen and oxygen atoms in total. The highest BCUT2D eigenvalue weighted by atomic mass is 79.9. The topological polar surface area (TPSA) is 51.2 Å². The van der Waals surface area contributed by atoms with Crippen molar-refractivity contribution in [1.29, 1.82) is 0 Å². The minimum absolute atomic E-state index is 0.236. The number of ether oxygens (including phenoxy) is 1. The van der Waals surface area contributed by atoms with Gasteiger partial charge in [0.05, 0.1) is 22.5 Å². The van der Waals surface area contributed by atoms with Gasteiger partial charge in [0.15, 0.2) is 5.13 Å². The van der Waals surface area contributed by atoms with Gasteiger partial charge < -0.3 is 10.1 Å². The molecule has 1 N–H and O–H groups in total. The number of hydrogen-bond acceptors (Lipinski definition) is 5. The number of aromatic nitrogens is 1. The van der Waals surface area contributed by atoms with E-state index in [4.69, 9.17) is 16.3 Å². The fourth-order valence-corrected chi connectivity index (χ4v) is 4.48. The van der Waals surface area contributed by atoms with Crippen molar-refractivity contribution in [3.8, 4) is 11.3 Å². The molecule has 0 saturated carbocycles. The summed E-state index contributed by atoms with van der Waals surface area (Å²) >= 11 is 11.2. The van der Waals surface area contributed by atoms with Crippen molar-refractivity contribution in [3.05, 3.63) is 68.5 Å². The summed E-state index contributed by atoms with van der Waals surface area (Å²) in [6.07, 6.45) is 0.607. The quantitative estimate of drug-likeness (QED) is 0.424. The molecule has 0 aliphatic heterocycles. The number of thiazole rings is 1. The summed E-state index contributed by atoms with van der Waals surface area (Å²) in [5.74, 6) is -0.531. The number of methoxy groups -OCH3 is 1. The number of rotatable bonds is 7. The minimum Gasteiger partial charge on any atom is -0.469 e. The van der Waals surface area contributed by atoms with Gasteiger partial charge in [-0.3, -0.25) is 4.79 Å². The van der Waals surface area contributed by atoms with Crippen LogP contribution < -0.4 is 5.32 Å². The van der Waals surface area contributed by atoms with Crippen LogP contribution in [0.3, 0.4) is 0 Å². The zero-order chi connectivity index (χ0) is 20.1. The van der Waals surface area contributed by atoms with Crippen molar-refractivity contribution < 1.29 is 9.53 Å². The second kappa shape index (κ2) is 9.54. The Labute approximate surface area is 182 Å². The lowest BCUT2D eigenvalue weighted by atomic mass is 9.99. The lowest BCUT2D eigenvalue weighted by Crippen LogP contribution is -2.26. The standard InChI is InChI=1S/C21H20BrClN2O2S/c1-13-10-15(8-9-17(13)23)18-19(22)28-21(25-18)24-12-16(20(26)27-2)11-14-6-4-3-5-7-14/h3-10,16H,11-12H2,1-2H3,(H,24,25). The molecule has 0 saturated heterocycles. The maximum Gasteiger partial charge on any atom is 0.310 e. The van der Waals surface area contributed by atoms with Crippen LogP contribution in [-0.4, -0.2) is 24.6 Å². The van der Waals surface area contributed by atoms with Gasteiger partial charge in [-0.05, 0) is 52.5 Å². The highest BCUT2D eigenvalue weighted by Crippen LogP contribution is 2.36. The molecule has 1 unspecified atom stereocenters. The van der Waals surface area contributed by atoms with E-state index in [1.807, 2.05) is 55.5 Å². The number of hydrogen-bond donors (Lipinski definition) is 1. The Hall–Kier alpha value is -1.89. The van der Waals surface area contributed by atoms with E-state index in [-0.39, 0.29) is 11.9 Å². The Morgan fingerprint density at radius 1 is 1.29 bits per heavy atom. The molecule has 1 atom stereocenters. The summed E-state index contributed by atoms with van der Waals surface area (Å²) in [6, 6.07) is 15.8. The van der Waals surface area contributed by atoms with Gasteiger partial charge in [0, 0.05) is 17.1 Å². The van der Waals surface area contributed by atoms with Crippen molar-refractivity contribution in [3.63, 3.8) is 0 Å². The maximum atomic E-state index is 12.2. The van der Waals surface area contributed by atoms with E-state index >= 15 is 0 Å². The first-order valence-electron chi connectivity index (χ1n) is 8.76. The van der Waals surface area contributed by atoms with Crippen LogP contribution in [0.15, 0.2) is 52.3 Å². The van der Waals surface area contributed by atoms with Crippen molar-refractivity contribution in [2.45, 2.75) is 13.3 Å². The first-order valence-corrected chi connectivity index (χ1v) is 10.7. The summed E-state index contributed by atoms with van der Waals surface area (Å²) in [5, 5.41) is 4.77. The van der Waals surface area contributed by atoms with Gasteiger partial charge in [0.1, 0.15) is 0 Å². The van der Waals surface area contributed by atoms with Crippen LogP contribution >= 0.6 is 38.9 Å². The summed E-state index contributed by atoms with van der Waals surface area (Å²) < 4.78 is 5.90. The maximum absolute atomic E-state index is 12.2. The van der Waals surface area contributed by atoms with Crippen molar-refractivity contribution >= 4 is 50.0 Å². The molecular formula is C21H20BrClN2O2S. The number of halogens is 2. The number of esters is 1. The molecule has 0 amide bonds. The number of anilines is 1. The number of carbonyl (C=O) groups excluding carboxylic acids is 1. The zero-order valence-electron chi connectivity index (χ0n) is 15.5. The second-order valence-corrected chi connectivity index (χ2v) is 9.12. The normalized spacial score (nSPS) is 11.9. The predicted octanol–water partition coefficient (Wildman–Crippen LogP) is 5.98. The van der Waals surface area contributed by atoms with Crippen molar-refractivity contribution in [2.24, 2.45) is 5.92 Å². The average Bonchev–Trinajstić information content (AvgIpc) is 3.08. The number of nitrogens with zero attached hydrogens (tertiary/aromatic N) is 1. The molecule has 28 heavy (non-hydrogen) atoms. The van der Waals surface area contributed by atoms with Crippen molar-refractivity contribution in [1.82, 2.24) is 4.98 Å². The van der Waals surface area contributed by atoms with Crippen LogP contribution in [0, 0.1) is 12.8 Å². The summed E-state index contributed by atoms with van der Waals surface area (Å²) in [4.78, 5) is 16.9. The third kappa shape index (κ3) is 5.13. The SMILES string of the molecule is COC(=O)C(CNc1nc(-c2ccc(Cl)c(C)c2)c(Br)s1)Cc1ccccc1. The van der Waals surface area contributed by atoms with Gasteiger partial charge in [-0.2, -0.15) is 0 Å². The number of aryl methyl sites for hydroxylation is 1. The second-order valence-electron chi connectivity index (χ2n) is 6.40. The van der Waals surface area contributed by atoms with Gasteiger partial charge in [0.25, 0.3) is 0 Å². The molecule has 1 heterocycles. The Balaban J connectivity index is 1.73. The molecule has 0 radical (unpaired) electrons. The van der Waals surface area contributed by atoms with E-state index in [2.05, 4.69) is 26.2 Å². The zero-order valence-corrected chi connectivity index (χ0v) is 18.7. The fourth-order valence-electron chi connectivity index (χ4n) is 2.86. The largest absolute Gasteiger partial charge is 0.469 e. The molecule has 3 aromatic rings. The van der Waals surface area contributed by atoms with Crippen molar-refractivity contribution in [2.75, 3.05) is 19.0 Å². The Morgan fingerprint density at radius 2 is 2.04 bits per heavy atom. The monoisotopic (exact) mass is 478 g/mol. The van der Waals surface area contributed by atoms with E-state index in [1.165, 1.54) is 18.4 Å². The first kappa shape index (κ1) is 20.8. The molecule has 3 rings (SSSR count). The van der Waals surface area contributed by atoms with E-state index in [0.717, 1.165) is 36.3 Å². The Kier molecular flexibility index (Phi) is 7.10. The molecular weight excluding hydrogens is 460 g/mol. The number of nitrogens with one attached hydrogen (secondary N) is 1. The first-order chi connectivity index (χ1) is 13.5. The smallest absolute Gasteiger partial charge is 0.310 e. The Morgan fingerprint density at radius 3 is 2.71 bits per heavy atom. The van der Waals surface area contributed by atoms with Gasteiger partial charge in [-0.1, -0.05) is 59.3 Å².